The smallest absolute Gasteiger partial charge is 0.187 e. The molecule has 2 rings (SSSR count). The van der Waals surface area contributed by atoms with E-state index in [2.05, 4.69) is 6.92 Å². The Morgan fingerprint density at radius 3 is 2.12 bits per heavy atom. The summed E-state index contributed by atoms with van der Waals surface area (Å²) in [4.78, 5) is 0. The van der Waals surface area contributed by atoms with Crippen LogP contribution in [0.4, 0.5) is 0 Å². The number of ether oxygens (including phenoxy) is 4. The minimum atomic E-state index is -1.86. The van der Waals surface area contributed by atoms with Crippen LogP contribution in [0.2, 0.25) is 0 Å². The molecule has 2 fully saturated rings. The minimum absolute atomic E-state index is 0.110. The van der Waals surface area contributed by atoms with Crippen molar-refractivity contribution in [3.8, 4) is 0 Å². The molecule has 0 spiro atoms. The van der Waals surface area contributed by atoms with Crippen molar-refractivity contribution in [2.75, 3.05) is 13.2 Å². The predicted octanol–water partition coefficient (Wildman–Crippen LogP) is 0.186. The Balaban J connectivity index is 2.15. The lowest BCUT2D eigenvalue weighted by Gasteiger charge is -2.51. The topological polar surface area (TPSA) is 158 Å². The van der Waals surface area contributed by atoms with Gasteiger partial charge in [0, 0.05) is 6.61 Å². The molecule has 6 N–H and O–H groups in total. The van der Waals surface area contributed by atoms with Crippen LogP contribution in [0.3, 0.4) is 0 Å². The van der Waals surface area contributed by atoms with Gasteiger partial charge in [-0.05, 0) is 19.8 Å². The summed E-state index contributed by atoms with van der Waals surface area (Å²) in [6, 6.07) is 0. The third-order valence-electron chi connectivity index (χ3n) is 6.61. The summed E-state index contributed by atoms with van der Waals surface area (Å²) in [5.74, 6) is 0. The van der Waals surface area contributed by atoms with E-state index in [4.69, 9.17) is 18.9 Å². The summed E-state index contributed by atoms with van der Waals surface area (Å²) in [6.07, 6.45) is -4.71. The zero-order valence-electron chi connectivity index (χ0n) is 20.1. The number of aliphatic hydroxyl groups excluding tert-OH is 5. The average molecular weight is 481 g/mol. The molecule has 33 heavy (non-hydrogen) atoms. The lowest BCUT2D eigenvalue weighted by molar-refractivity contribution is -0.385. The van der Waals surface area contributed by atoms with Crippen molar-refractivity contribution in [1.29, 1.82) is 0 Å². The van der Waals surface area contributed by atoms with E-state index >= 15 is 0 Å². The Morgan fingerprint density at radius 1 is 0.818 bits per heavy atom. The number of rotatable bonds is 13. The molecule has 0 amide bonds. The van der Waals surface area contributed by atoms with Crippen molar-refractivity contribution in [2.24, 2.45) is 0 Å². The molecule has 0 aromatic carbocycles. The van der Waals surface area contributed by atoms with E-state index in [-0.39, 0.29) is 6.42 Å². The molecule has 10 atom stereocenters. The molecule has 0 aromatic rings. The van der Waals surface area contributed by atoms with Crippen LogP contribution < -0.4 is 0 Å². The van der Waals surface area contributed by atoms with Gasteiger partial charge >= 0.3 is 0 Å². The van der Waals surface area contributed by atoms with E-state index in [1.807, 2.05) is 6.92 Å². The van der Waals surface area contributed by atoms with Gasteiger partial charge < -0.3 is 49.6 Å². The van der Waals surface area contributed by atoms with Crippen LogP contribution in [0.1, 0.15) is 72.1 Å². The van der Waals surface area contributed by atoms with Crippen LogP contribution in [0.25, 0.3) is 0 Å². The largest absolute Gasteiger partial charge is 0.394 e. The highest BCUT2D eigenvalue weighted by atomic mass is 16.8. The Bertz CT molecular complexity index is 551. The zero-order valence-corrected chi connectivity index (χ0v) is 20.1. The number of unbranched alkanes of at least 4 members (excludes halogenated alkanes) is 5. The van der Waals surface area contributed by atoms with Crippen molar-refractivity contribution in [1.82, 2.24) is 0 Å². The van der Waals surface area contributed by atoms with Gasteiger partial charge in [0.05, 0.1) is 12.7 Å². The third kappa shape index (κ3) is 7.07. The quantitative estimate of drug-likeness (QED) is 0.201. The van der Waals surface area contributed by atoms with Crippen LogP contribution in [-0.2, 0) is 18.9 Å². The first-order valence-electron chi connectivity index (χ1n) is 12.3. The third-order valence-corrected chi connectivity index (χ3v) is 6.61. The lowest BCUT2D eigenvalue weighted by Crippen LogP contribution is -2.70. The fourth-order valence-electron chi connectivity index (χ4n) is 4.54. The molecule has 2 saturated heterocycles. The van der Waals surface area contributed by atoms with Crippen molar-refractivity contribution >= 4 is 0 Å². The first-order chi connectivity index (χ1) is 15.7. The molecule has 0 radical (unpaired) electrons. The van der Waals surface area contributed by atoms with Crippen LogP contribution in [0.5, 0.6) is 0 Å². The van der Waals surface area contributed by atoms with Crippen molar-refractivity contribution < 1.29 is 49.6 Å². The van der Waals surface area contributed by atoms with E-state index in [0.717, 1.165) is 32.1 Å². The molecule has 0 saturated carbocycles. The maximum absolute atomic E-state index is 11.5. The van der Waals surface area contributed by atoms with Crippen LogP contribution in [0, 0.1) is 0 Å². The second kappa shape index (κ2) is 13.6. The minimum Gasteiger partial charge on any atom is -0.394 e. The monoisotopic (exact) mass is 480 g/mol. The van der Waals surface area contributed by atoms with Crippen molar-refractivity contribution in [2.45, 2.75) is 133 Å². The van der Waals surface area contributed by atoms with E-state index in [1.165, 1.54) is 13.3 Å². The second-order valence-corrected chi connectivity index (χ2v) is 9.29. The van der Waals surface area contributed by atoms with Crippen molar-refractivity contribution in [3.05, 3.63) is 0 Å². The Morgan fingerprint density at radius 2 is 1.48 bits per heavy atom. The van der Waals surface area contributed by atoms with Crippen molar-refractivity contribution in [3.63, 3.8) is 0 Å². The first-order valence-corrected chi connectivity index (χ1v) is 12.3. The average Bonchev–Trinajstić information content (AvgIpc) is 2.79. The number of aliphatic hydroxyl groups is 6. The molecular weight excluding hydrogens is 436 g/mol. The lowest BCUT2D eigenvalue weighted by atomic mass is 9.80. The summed E-state index contributed by atoms with van der Waals surface area (Å²) < 4.78 is 23.1. The number of hydrogen-bond donors (Lipinski definition) is 6. The fraction of sp³-hybridized carbons (Fsp3) is 1.00. The molecule has 0 bridgehead atoms. The summed E-state index contributed by atoms with van der Waals surface area (Å²) in [5, 5.41) is 62.4. The van der Waals surface area contributed by atoms with E-state index < -0.39 is 67.5 Å². The Labute approximate surface area is 196 Å². The van der Waals surface area contributed by atoms with Gasteiger partial charge in [-0.1, -0.05) is 52.4 Å². The van der Waals surface area contributed by atoms with Gasteiger partial charge in [-0.2, -0.15) is 0 Å². The van der Waals surface area contributed by atoms with Gasteiger partial charge in [0.2, 0.25) is 0 Å². The molecule has 10 nitrogen and oxygen atoms in total. The van der Waals surface area contributed by atoms with Crippen LogP contribution >= 0.6 is 0 Å². The predicted molar refractivity (Wildman–Crippen MR) is 118 cm³/mol. The Kier molecular flexibility index (Phi) is 11.9. The number of hydrogen-bond acceptors (Lipinski definition) is 10. The van der Waals surface area contributed by atoms with Gasteiger partial charge in [0.15, 0.2) is 12.6 Å². The van der Waals surface area contributed by atoms with Gasteiger partial charge in [-0.3, -0.25) is 0 Å². The second-order valence-electron chi connectivity index (χ2n) is 9.29. The van der Waals surface area contributed by atoms with E-state index in [9.17, 15) is 30.6 Å². The van der Waals surface area contributed by atoms with Crippen LogP contribution in [0.15, 0.2) is 0 Å². The molecule has 2 aliphatic rings. The maximum Gasteiger partial charge on any atom is 0.187 e. The summed E-state index contributed by atoms with van der Waals surface area (Å²) in [7, 11) is 0. The molecule has 0 aliphatic carbocycles. The maximum atomic E-state index is 11.5. The SMILES string of the molecule is CCCCCCCCO[C@@H]1O[C@H](CO)[C@H](O)[C@@](O)(CCC)[C@H]1O[C@@H]1O[C@@H](C)[C@@H](O)[C@@H](O)[C@@H]1O. The highest BCUT2D eigenvalue weighted by Crippen LogP contribution is 2.38. The highest BCUT2D eigenvalue weighted by molar-refractivity contribution is 5.03. The Hall–Kier alpha value is -0.400. The van der Waals surface area contributed by atoms with Gasteiger partial charge in [-0.25, -0.2) is 0 Å². The molecule has 2 heterocycles. The normalized spacial score (nSPS) is 41.9. The summed E-state index contributed by atoms with van der Waals surface area (Å²) in [5.41, 5.74) is -1.86. The van der Waals surface area contributed by atoms with Gasteiger partial charge in [0.1, 0.15) is 42.2 Å². The molecule has 10 heteroatoms. The highest BCUT2D eigenvalue weighted by Gasteiger charge is 2.58. The molecule has 0 aromatic heterocycles. The van der Waals surface area contributed by atoms with E-state index in [0.29, 0.717) is 13.0 Å². The zero-order chi connectivity index (χ0) is 24.6. The molecular formula is C23H44O10. The van der Waals surface area contributed by atoms with Gasteiger partial charge in [0.25, 0.3) is 0 Å². The van der Waals surface area contributed by atoms with E-state index in [1.54, 1.807) is 0 Å². The summed E-state index contributed by atoms with van der Waals surface area (Å²) >= 11 is 0. The first kappa shape index (κ1) is 28.8. The van der Waals surface area contributed by atoms with Gasteiger partial charge in [-0.15, -0.1) is 0 Å². The fourth-order valence-corrected chi connectivity index (χ4v) is 4.54. The molecule has 2 aliphatic heterocycles. The molecule has 0 unspecified atom stereocenters. The summed E-state index contributed by atoms with van der Waals surface area (Å²) in [6.45, 7) is 5.29. The molecule has 196 valence electrons. The standard InChI is InChI=1S/C23H44O10/c1-4-6-7-8-9-10-12-30-22-20(23(29,11-5-2)19(28)15(13-24)32-22)33-21-18(27)17(26)16(25)14(3)31-21/h14-22,24-29H,4-13H2,1-3H3/t14-,15+,16+,17+,18-,19-,20-,21-,22+,23-/m0/s1. The van der Waals surface area contributed by atoms with Crippen LogP contribution in [-0.4, -0.2) is 105 Å².